The van der Waals surface area contributed by atoms with Gasteiger partial charge >= 0.3 is 0 Å². The molecule has 0 bridgehead atoms. The number of thioether (sulfide) groups is 1. The average Bonchev–Trinajstić information content (AvgIpc) is 3.31. The highest BCUT2D eigenvalue weighted by Gasteiger charge is 2.34. The molecule has 1 aliphatic heterocycles. The van der Waals surface area contributed by atoms with Gasteiger partial charge < -0.3 is 15.4 Å². The number of aromatic nitrogens is 3. The quantitative estimate of drug-likeness (QED) is 0.259. The van der Waals surface area contributed by atoms with Gasteiger partial charge in [-0.05, 0) is 61.7 Å². The molecule has 194 valence electrons. The Morgan fingerprint density at radius 2 is 1.82 bits per heavy atom. The van der Waals surface area contributed by atoms with E-state index in [1.54, 1.807) is 22.9 Å². The first-order valence-electron chi connectivity index (χ1n) is 12.3. The van der Waals surface area contributed by atoms with Gasteiger partial charge in [0.05, 0.1) is 12.2 Å². The molecule has 1 amide bonds. The van der Waals surface area contributed by atoms with E-state index in [1.807, 2.05) is 69.3 Å². The van der Waals surface area contributed by atoms with Crippen LogP contribution < -0.4 is 15.4 Å². The van der Waals surface area contributed by atoms with E-state index in [4.69, 9.17) is 9.84 Å². The normalized spacial score (nSPS) is 14.6. The number of allylic oxidation sites excluding steroid dienone is 1. The van der Waals surface area contributed by atoms with Crippen LogP contribution in [0.3, 0.4) is 0 Å². The number of hydrogen-bond donors (Lipinski definition) is 2. The highest BCUT2D eigenvalue weighted by Crippen LogP contribution is 2.37. The molecule has 3 aromatic carbocycles. The molecule has 2 heterocycles. The standard InChI is InChI=1S/C29H28FN5O2S/c1-4-37-22-15-13-20(14-16-22)26-25(27(36)32-24-12-8-5-9-18(24)2)19(3)31-28-33-29(34-35(26)28)38-17-21-10-6-7-11-23(21)30/h5-16,26H,4,17H2,1-3H3,(H,32,36)(H,31,33,34). The summed E-state index contributed by atoms with van der Waals surface area (Å²) in [6.07, 6.45) is 0. The number of para-hydroxylation sites is 1. The number of hydrogen-bond acceptors (Lipinski definition) is 6. The molecule has 7 nitrogen and oxygen atoms in total. The second-order valence-electron chi connectivity index (χ2n) is 8.88. The van der Waals surface area contributed by atoms with Crippen LogP contribution in [0.5, 0.6) is 5.75 Å². The van der Waals surface area contributed by atoms with Crippen LogP contribution in [0, 0.1) is 12.7 Å². The molecule has 4 aromatic rings. The SMILES string of the molecule is CCOc1ccc(C2C(C(=O)Nc3ccccc3C)=C(C)Nc3nc(SCc4ccccc4F)nn32)cc1. The fraction of sp³-hybridized carbons (Fsp3) is 0.207. The molecule has 0 saturated heterocycles. The Hall–Kier alpha value is -4.11. The molecule has 0 aliphatic carbocycles. The van der Waals surface area contributed by atoms with Crippen molar-refractivity contribution >= 4 is 29.3 Å². The largest absolute Gasteiger partial charge is 0.494 e. The number of rotatable bonds is 8. The summed E-state index contributed by atoms with van der Waals surface area (Å²) in [6, 6.07) is 21.4. The van der Waals surface area contributed by atoms with Crippen molar-refractivity contribution in [1.82, 2.24) is 14.8 Å². The zero-order valence-corrected chi connectivity index (χ0v) is 22.2. The highest BCUT2D eigenvalue weighted by atomic mass is 32.2. The summed E-state index contributed by atoms with van der Waals surface area (Å²) in [7, 11) is 0. The van der Waals surface area contributed by atoms with Crippen molar-refractivity contribution in [3.8, 4) is 5.75 Å². The van der Waals surface area contributed by atoms with E-state index < -0.39 is 6.04 Å². The Kier molecular flexibility index (Phi) is 7.46. The summed E-state index contributed by atoms with van der Waals surface area (Å²) in [5.41, 5.74) is 4.36. The van der Waals surface area contributed by atoms with Gasteiger partial charge in [0.25, 0.3) is 5.91 Å². The van der Waals surface area contributed by atoms with Crippen LogP contribution in [-0.2, 0) is 10.5 Å². The maximum absolute atomic E-state index is 14.2. The van der Waals surface area contributed by atoms with Gasteiger partial charge in [0.15, 0.2) is 0 Å². The molecule has 1 aliphatic rings. The molecule has 1 unspecified atom stereocenters. The monoisotopic (exact) mass is 529 g/mol. The lowest BCUT2D eigenvalue weighted by Crippen LogP contribution is -2.31. The molecule has 0 radical (unpaired) electrons. The Morgan fingerprint density at radius 3 is 2.55 bits per heavy atom. The zero-order valence-electron chi connectivity index (χ0n) is 21.4. The van der Waals surface area contributed by atoms with Gasteiger partial charge in [-0.3, -0.25) is 4.79 Å². The third kappa shape index (κ3) is 5.28. The molecule has 38 heavy (non-hydrogen) atoms. The average molecular weight is 530 g/mol. The lowest BCUT2D eigenvalue weighted by molar-refractivity contribution is -0.113. The number of anilines is 2. The van der Waals surface area contributed by atoms with Gasteiger partial charge in [0.2, 0.25) is 11.1 Å². The fourth-order valence-electron chi connectivity index (χ4n) is 4.37. The molecule has 5 rings (SSSR count). The Labute approximate surface area is 225 Å². The van der Waals surface area contributed by atoms with Crippen LogP contribution in [0.25, 0.3) is 0 Å². The van der Waals surface area contributed by atoms with Gasteiger partial charge in [-0.25, -0.2) is 9.07 Å². The molecule has 1 atom stereocenters. The number of nitrogens with one attached hydrogen (secondary N) is 2. The van der Waals surface area contributed by atoms with Crippen molar-refractivity contribution in [2.75, 3.05) is 17.2 Å². The third-order valence-electron chi connectivity index (χ3n) is 6.29. The number of benzene rings is 3. The maximum Gasteiger partial charge on any atom is 0.255 e. The Bertz CT molecular complexity index is 1500. The molecular weight excluding hydrogens is 501 g/mol. The smallest absolute Gasteiger partial charge is 0.255 e. The van der Waals surface area contributed by atoms with E-state index in [0.717, 1.165) is 22.6 Å². The predicted molar refractivity (Wildman–Crippen MR) is 148 cm³/mol. The first-order chi connectivity index (χ1) is 18.4. The van der Waals surface area contributed by atoms with Crippen LogP contribution in [0.15, 0.2) is 89.2 Å². The lowest BCUT2D eigenvalue weighted by Gasteiger charge is -2.29. The second kappa shape index (κ2) is 11.1. The lowest BCUT2D eigenvalue weighted by atomic mass is 9.95. The summed E-state index contributed by atoms with van der Waals surface area (Å²) in [4.78, 5) is 18.4. The van der Waals surface area contributed by atoms with Crippen molar-refractivity contribution < 1.29 is 13.9 Å². The van der Waals surface area contributed by atoms with Crippen molar-refractivity contribution in [3.05, 3.63) is 107 Å². The summed E-state index contributed by atoms with van der Waals surface area (Å²) in [5.74, 6) is 1.16. The number of carbonyl (C=O) groups is 1. The molecule has 1 aromatic heterocycles. The van der Waals surface area contributed by atoms with Gasteiger partial charge in [-0.1, -0.05) is 60.3 Å². The number of fused-ring (bicyclic) bond motifs is 1. The van der Waals surface area contributed by atoms with Crippen LogP contribution in [0.2, 0.25) is 0 Å². The Morgan fingerprint density at radius 1 is 1.08 bits per heavy atom. The number of aryl methyl sites for hydroxylation is 1. The number of amides is 1. The van der Waals surface area contributed by atoms with E-state index in [9.17, 15) is 9.18 Å². The second-order valence-corrected chi connectivity index (χ2v) is 9.82. The van der Waals surface area contributed by atoms with Gasteiger partial charge in [-0.2, -0.15) is 4.98 Å². The molecule has 9 heteroatoms. The number of carbonyl (C=O) groups excluding carboxylic acids is 1. The minimum Gasteiger partial charge on any atom is -0.494 e. The summed E-state index contributed by atoms with van der Waals surface area (Å²) < 4.78 is 21.5. The maximum atomic E-state index is 14.2. The summed E-state index contributed by atoms with van der Waals surface area (Å²) in [5, 5.41) is 11.5. The van der Waals surface area contributed by atoms with Crippen molar-refractivity contribution in [1.29, 1.82) is 0 Å². The number of nitrogens with zero attached hydrogens (tertiary/aromatic N) is 3. The van der Waals surface area contributed by atoms with Crippen LogP contribution in [0.4, 0.5) is 16.0 Å². The van der Waals surface area contributed by atoms with Gasteiger partial charge in [0.1, 0.15) is 17.6 Å². The fourth-order valence-corrected chi connectivity index (χ4v) is 5.18. The summed E-state index contributed by atoms with van der Waals surface area (Å²) >= 11 is 1.34. The molecular formula is C29H28FN5O2S. The van der Waals surface area contributed by atoms with Crippen molar-refractivity contribution in [3.63, 3.8) is 0 Å². The van der Waals surface area contributed by atoms with Gasteiger partial charge in [0, 0.05) is 17.1 Å². The third-order valence-corrected chi connectivity index (χ3v) is 7.18. The first-order valence-corrected chi connectivity index (χ1v) is 13.3. The number of halogens is 1. The van der Waals surface area contributed by atoms with Gasteiger partial charge in [-0.15, -0.1) is 5.10 Å². The van der Waals surface area contributed by atoms with Crippen molar-refractivity contribution in [2.45, 2.75) is 37.7 Å². The summed E-state index contributed by atoms with van der Waals surface area (Å²) in [6.45, 7) is 6.31. The minimum atomic E-state index is -0.527. The molecule has 0 fully saturated rings. The first kappa shape index (κ1) is 25.5. The van der Waals surface area contributed by atoms with E-state index >= 15 is 0 Å². The highest BCUT2D eigenvalue weighted by molar-refractivity contribution is 7.98. The molecule has 2 N–H and O–H groups in total. The molecule has 0 spiro atoms. The van der Waals surface area contributed by atoms with Crippen LogP contribution in [0.1, 0.15) is 36.6 Å². The van der Waals surface area contributed by atoms with Crippen LogP contribution >= 0.6 is 11.8 Å². The van der Waals surface area contributed by atoms with Crippen molar-refractivity contribution in [2.24, 2.45) is 0 Å². The Balaban J connectivity index is 1.50. The zero-order chi connectivity index (χ0) is 26.6. The number of ether oxygens (including phenoxy) is 1. The van der Waals surface area contributed by atoms with E-state index in [-0.39, 0.29) is 11.7 Å². The van der Waals surface area contributed by atoms with E-state index in [1.165, 1.54) is 17.8 Å². The minimum absolute atomic E-state index is 0.232. The predicted octanol–water partition coefficient (Wildman–Crippen LogP) is 6.34. The molecule has 0 saturated carbocycles. The van der Waals surface area contributed by atoms with E-state index in [2.05, 4.69) is 15.6 Å². The van der Waals surface area contributed by atoms with Crippen LogP contribution in [-0.4, -0.2) is 27.3 Å². The van der Waals surface area contributed by atoms with E-state index in [0.29, 0.717) is 40.3 Å². The topological polar surface area (TPSA) is 81.1 Å².